The van der Waals surface area contributed by atoms with Crippen LogP contribution in [0.3, 0.4) is 0 Å². The Bertz CT molecular complexity index is 1220. The van der Waals surface area contributed by atoms with E-state index in [4.69, 9.17) is 9.15 Å². The van der Waals surface area contributed by atoms with Crippen molar-refractivity contribution in [3.63, 3.8) is 0 Å². The number of fused-ring (bicyclic) bond motifs is 1. The fraction of sp³-hybridized carbons (Fsp3) is 0.348. The molecule has 0 radical (unpaired) electrons. The molecule has 3 aromatic rings. The summed E-state index contributed by atoms with van der Waals surface area (Å²) in [5.41, 5.74) is -1.02. The Kier molecular flexibility index (Phi) is 6.69. The molecule has 1 aliphatic heterocycles. The van der Waals surface area contributed by atoms with Gasteiger partial charge < -0.3 is 24.1 Å². The molecule has 0 bridgehead atoms. The van der Waals surface area contributed by atoms with Crippen LogP contribution in [-0.4, -0.2) is 37.8 Å². The number of hydrogen-bond acceptors (Lipinski definition) is 4. The summed E-state index contributed by atoms with van der Waals surface area (Å²) in [6, 6.07) is 8.86. The number of aromatic hydroxyl groups is 1. The van der Waals surface area contributed by atoms with Crippen LogP contribution in [0.25, 0.3) is 11.0 Å². The minimum absolute atomic E-state index is 0.0504. The molecule has 1 saturated heterocycles. The summed E-state index contributed by atoms with van der Waals surface area (Å²) < 4.78 is 52.9. The fourth-order valence-electron chi connectivity index (χ4n) is 4.11. The van der Waals surface area contributed by atoms with Crippen molar-refractivity contribution < 1.29 is 37.2 Å². The van der Waals surface area contributed by atoms with E-state index in [0.29, 0.717) is 4.47 Å². The summed E-state index contributed by atoms with van der Waals surface area (Å²) in [7, 11) is 0. The molecule has 2 heterocycles. The summed E-state index contributed by atoms with van der Waals surface area (Å²) in [6.45, 7) is 6.84. The second-order valence-electron chi connectivity index (χ2n) is 8.09. The highest BCUT2D eigenvalue weighted by Gasteiger charge is 2.41. The molecule has 176 valence electrons. The first kappa shape index (κ1) is 23.6. The van der Waals surface area contributed by atoms with E-state index in [-0.39, 0.29) is 34.6 Å². The normalized spacial score (nSPS) is 19.1. The van der Waals surface area contributed by atoms with Crippen molar-refractivity contribution >= 4 is 26.9 Å². The van der Waals surface area contributed by atoms with Crippen LogP contribution in [0.5, 0.6) is 17.2 Å². The van der Waals surface area contributed by atoms with Crippen molar-refractivity contribution in [2.24, 2.45) is 0 Å². The zero-order valence-electron chi connectivity index (χ0n) is 17.9. The van der Waals surface area contributed by atoms with Crippen LogP contribution in [0, 0.1) is 0 Å². The van der Waals surface area contributed by atoms with Crippen molar-refractivity contribution in [1.82, 2.24) is 0 Å². The third-order valence-corrected chi connectivity index (χ3v) is 6.65. The first-order valence-corrected chi connectivity index (χ1v) is 11.5. The number of quaternary nitrogens is 2. The first-order chi connectivity index (χ1) is 15.7. The quantitative estimate of drug-likeness (QED) is 0.475. The van der Waals surface area contributed by atoms with Gasteiger partial charge in [0.25, 0.3) is 5.76 Å². The molecule has 1 aliphatic rings. The Morgan fingerprint density at radius 2 is 1.76 bits per heavy atom. The zero-order valence-corrected chi connectivity index (χ0v) is 19.5. The van der Waals surface area contributed by atoms with Gasteiger partial charge in [-0.3, -0.25) is 4.79 Å². The van der Waals surface area contributed by atoms with Crippen molar-refractivity contribution in [2.45, 2.75) is 19.6 Å². The molecular weight excluding hydrogens is 505 g/mol. The van der Waals surface area contributed by atoms with Crippen molar-refractivity contribution in [1.29, 1.82) is 0 Å². The van der Waals surface area contributed by atoms with Crippen LogP contribution in [0.4, 0.5) is 13.2 Å². The van der Waals surface area contributed by atoms with Crippen LogP contribution < -0.4 is 20.0 Å². The maximum atomic E-state index is 13.9. The van der Waals surface area contributed by atoms with Crippen LogP contribution >= 0.6 is 15.9 Å². The molecular formula is C23H24BrF3N2O4+2. The minimum Gasteiger partial charge on any atom is -0.507 e. The molecule has 1 aromatic heterocycles. The average Bonchev–Trinajstić information content (AvgIpc) is 2.78. The number of ether oxygens (including phenoxy) is 1. The van der Waals surface area contributed by atoms with E-state index in [9.17, 15) is 23.1 Å². The smallest absolute Gasteiger partial charge is 0.453 e. The van der Waals surface area contributed by atoms with Gasteiger partial charge in [-0.05, 0) is 47.1 Å². The minimum atomic E-state index is -4.98. The lowest BCUT2D eigenvalue weighted by atomic mass is 10.1. The number of benzene rings is 2. The Morgan fingerprint density at radius 3 is 2.39 bits per heavy atom. The van der Waals surface area contributed by atoms with Crippen molar-refractivity contribution in [2.75, 3.05) is 32.7 Å². The molecule has 0 aliphatic carbocycles. The van der Waals surface area contributed by atoms with Crippen LogP contribution in [0.2, 0.25) is 0 Å². The standard InChI is InChI=1S/C23H22BrF3N2O4/c1-2-28-9-11-29(12-10-28)13-15-17(30)8-7-14-19(31)21(22(23(25,26)27)33-20(14)15)32-18-6-4-3-5-16(18)24/h3-8,30H,2,9-13H2,1H3/p+2. The average molecular weight is 529 g/mol. The van der Waals surface area contributed by atoms with Gasteiger partial charge in [-0.15, -0.1) is 0 Å². The number of alkyl halides is 3. The van der Waals surface area contributed by atoms with Gasteiger partial charge in [0, 0.05) is 0 Å². The number of para-hydroxylation sites is 1. The van der Waals surface area contributed by atoms with Crippen molar-refractivity contribution in [3.8, 4) is 17.2 Å². The molecule has 6 nitrogen and oxygen atoms in total. The monoisotopic (exact) mass is 528 g/mol. The molecule has 0 amide bonds. The summed E-state index contributed by atoms with van der Waals surface area (Å²) in [6.07, 6.45) is -4.98. The molecule has 0 atom stereocenters. The van der Waals surface area contributed by atoms with Gasteiger partial charge in [-0.1, -0.05) is 12.1 Å². The van der Waals surface area contributed by atoms with E-state index in [1.165, 1.54) is 23.1 Å². The van der Waals surface area contributed by atoms with E-state index in [0.717, 1.165) is 37.6 Å². The highest BCUT2D eigenvalue weighted by molar-refractivity contribution is 9.10. The summed E-state index contributed by atoms with van der Waals surface area (Å²) in [5.74, 6) is -2.62. The number of likely N-dealkylation sites (N-methyl/N-ethyl adjacent to an activating group) is 1. The van der Waals surface area contributed by atoms with Crippen molar-refractivity contribution in [3.05, 3.63) is 62.4 Å². The van der Waals surface area contributed by atoms with E-state index < -0.39 is 23.1 Å². The second-order valence-corrected chi connectivity index (χ2v) is 8.94. The van der Waals surface area contributed by atoms with Gasteiger partial charge in [0.05, 0.1) is 22.0 Å². The van der Waals surface area contributed by atoms with E-state index in [1.807, 2.05) is 0 Å². The number of rotatable bonds is 5. The highest BCUT2D eigenvalue weighted by Crippen LogP contribution is 2.40. The Morgan fingerprint density at radius 1 is 1.09 bits per heavy atom. The molecule has 2 aromatic carbocycles. The largest absolute Gasteiger partial charge is 0.507 e. The van der Waals surface area contributed by atoms with Gasteiger partial charge in [0.15, 0.2) is 5.58 Å². The fourth-order valence-corrected chi connectivity index (χ4v) is 4.48. The Hall–Kier alpha value is -2.56. The van der Waals surface area contributed by atoms with Gasteiger partial charge in [-0.25, -0.2) is 0 Å². The number of halogens is 4. The van der Waals surface area contributed by atoms with Crippen LogP contribution in [0.1, 0.15) is 18.2 Å². The van der Waals surface area contributed by atoms with Gasteiger partial charge in [0.1, 0.15) is 44.2 Å². The number of phenols is 1. The van der Waals surface area contributed by atoms with Gasteiger partial charge in [-0.2, -0.15) is 13.2 Å². The van der Waals surface area contributed by atoms with Gasteiger partial charge in [0.2, 0.25) is 11.2 Å². The number of hydrogen-bond donors (Lipinski definition) is 3. The topological polar surface area (TPSA) is 68.5 Å². The van der Waals surface area contributed by atoms with E-state index in [2.05, 4.69) is 22.9 Å². The molecule has 0 unspecified atom stereocenters. The van der Waals surface area contributed by atoms with Crippen LogP contribution in [-0.2, 0) is 12.7 Å². The second kappa shape index (κ2) is 9.36. The SMILES string of the molecule is CC[NH+]1CC[NH+](Cc2c(O)ccc3c(=O)c(Oc4ccccc4Br)c(C(F)(F)F)oc23)CC1. The number of nitrogens with one attached hydrogen (secondary N) is 2. The highest BCUT2D eigenvalue weighted by atomic mass is 79.9. The number of piperazine rings is 1. The zero-order chi connectivity index (χ0) is 23.8. The Labute approximate surface area is 196 Å². The molecule has 0 spiro atoms. The molecule has 10 heteroatoms. The number of phenolic OH excluding ortho intramolecular Hbond substituents is 1. The lowest BCUT2D eigenvalue weighted by Crippen LogP contribution is -3.27. The summed E-state index contributed by atoms with van der Waals surface area (Å²) in [4.78, 5) is 15.7. The Balaban J connectivity index is 1.82. The maximum Gasteiger partial charge on any atom is 0.453 e. The van der Waals surface area contributed by atoms with Crippen LogP contribution in [0.15, 0.2) is 50.1 Å². The third kappa shape index (κ3) is 4.87. The molecule has 0 saturated carbocycles. The first-order valence-electron chi connectivity index (χ1n) is 10.7. The lowest BCUT2D eigenvalue weighted by Gasteiger charge is -2.29. The summed E-state index contributed by atoms with van der Waals surface area (Å²) >= 11 is 3.21. The molecule has 1 fully saturated rings. The maximum absolute atomic E-state index is 13.9. The predicted molar refractivity (Wildman–Crippen MR) is 119 cm³/mol. The van der Waals surface area contributed by atoms with E-state index in [1.54, 1.807) is 18.2 Å². The molecule has 3 N–H and O–H groups in total. The third-order valence-electron chi connectivity index (χ3n) is 5.99. The summed E-state index contributed by atoms with van der Waals surface area (Å²) in [5, 5.41) is 10.4. The predicted octanol–water partition coefficient (Wildman–Crippen LogP) is 2.38. The van der Waals surface area contributed by atoms with E-state index >= 15 is 0 Å². The molecule has 4 rings (SSSR count). The van der Waals surface area contributed by atoms with Gasteiger partial charge >= 0.3 is 6.18 Å². The molecule has 33 heavy (non-hydrogen) atoms. The lowest BCUT2D eigenvalue weighted by molar-refractivity contribution is -1.02.